The van der Waals surface area contributed by atoms with Crippen LogP contribution in [0, 0.1) is 0 Å². The summed E-state index contributed by atoms with van der Waals surface area (Å²) in [6, 6.07) is 1.29. The van der Waals surface area contributed by atoms with E-state index in [1.165, 1.54) is 35.4 Å². The molecule has 0 spiro atoms. The number of rotatable bonds is 7. The van der Waals surface area contributed by atoms with Gasteiger partial charge in [0, 0.05) is 18.2 Å². The molecule has 10 nitrogen and oxygen atoms in total. The molecule has 0 aromatic carbocycles. The topological polar surface area (TPSA) is 120 Å². The van der Waals surface area contributed by atoms with Crippen molar-refractivity contribution in [2.75, 3.05) is 5.32 Å². The third kappa shape index (κ3) is 4.40. The standard InChI is InChI=1S/C22H23F3N8O2S/c1-12(2)21-29-16-10-27-19(8-17(16)33(21)13(3)22(23,24)25)30-18-6-7-26-20(31-18)14-9-28-32(11-14)36(34,35)15-4-5-15/h6-13,15H,4-5H2,1-3H3,(H,26,27,30,31)/t13-/m0/s1. The van der Waals surface area contributed by atoms with Crippen LogP contribution in [0.1, 0.15) is 51.4 Å². The molecule has 190 valence electrons. The first-order valence-electron chi connectivity index (χ1n) is 11.3. The van der Waals surface area contributed by atoms with Crippen LogP contribution in [0.5, 0.6) is 0 Å². The second-order valence-corrected chi connectivity index (χ2v) is 11.1. The summed E-state index contributed by atoms with van der Waals surface area (Å²) in [6.45, 7) is 4.67. The third-order valence-corrected chi connectivity index (χ3v) is 7.95. The van der Waals surface area contributed by atoms with Gasteiger partial charge < -0.3 is 9.88 Å². The summed E-state index contributed by atoms with van der Waals surface area (Å²) >= 11 is 0. The van der Waals surface area contributed by atoms with E-state index < -0.39 is 27.5 Å². The first kappa shape index (κ1) is 24.2. The molecule has 0 unspecified atom stereocenters. The van der Waals surface area contributed by atoms with E-state index in [9.17, 15) is 21.6 Å². The van der Waals surface area contributed by atoms with E-state index in [2.05, 4.69) is 30.4 Å². The molecule has 1 fully saturated rings. The Morgan fingerprint density at radius 1 is 1.08 bits per heavy atom. The Kier molecular flexibility index (Phi) is 5.73. The summed E-state index contributed by atoms with van der Waals surface area (Å²) in [4.78, 5) is 17.2. The van der Waals surface area contributed by atoms with Gasteiger partial charge in [-0.05, 0) is 25.8 Å². The maximum absolute atomic E-state index is 13.6. The molecule has 4 aromatic rings. The van der Waals surface area contributed by atoms with Gasteiger partial charge in [0.15, 0.2) is 5.82 Å². The quantitative estimate of drug-likeness (QED) is 0.380. The summed E-state index contributed by atoms with van der Waals surface area (Å²) in [7, 11) is -3.52. The van der Waals surface area contributed by atoms with E-state index in [0.29, 0.717) is 41.1 Å². The molecule has 5 rings (SSSR count). The van der Waals surface area contributed by atoms with E-state index in [1.807, 2.05) is 0 Å². The fourth-order valence-electron chi connectivity index (χ4n) is 3.82. The van der Waals surface area contributed by atoms with Gasteiger partial charge in [-0.15, -0.1) is 0 Å². The molecule has 0 saturated heterocycles. The lowest BCUT2D eigenvalue weighted by Crippen LogP contribution is -2.25. The molecule has 4 heterocycles. The van der Waals surface area contributed by atoms with Gasteiger partial charge in [0.1, 0.15) is 29.0 Å². The summed E-state index contributed by atoms with van der Waals surface area (Å²) in [5.41, 5.74) is 1.06. The number of pyridine rings is 1. The Bertz CT molecular complexity index is 1540. The lowest BCUT2D eigenvalue weighted by atomic mass is 10.2. The molecule has 0 bridgehead atoms. The molecule has 4 aromatic heterocycles. The van der Waals surface area contributed by atoms with Crippen LogP contribution in [0.3, 0.4) is 0 Å². The van der Waals surface area contributed by atoms with Crippen molar-refractivity contribution < 1.29 is 21.6 Å². The maximum Gasteiger partial charge on any atom is 0.408 e. The number of halogens is 3. The average molecular weight is 521 g/mol. The number of imidazole rings is 1. The van der Waals surface area contributed by atoms with Crippen LogP contribution < -0.4 is 5.32 Å². The van der Waals surface area contributed by atoms with Crippen LogP contribution in [0.2, 0.25) is 0 Å². The monoisotopic (exact) mass is 520 g/mol. The number of nitrogens with zero attached hydrogens (tertiary/aromatic N) is 7. The SMILES string of the molecule is CC(C)c1nc2cnc(Nc3ccnc(-c4cnn(S(=O)(=O)C5CC5)c4)n3)cc2n1[C@@H](C)C(F)(F)F. The van der Waals surface area contributed by atoms with Crippen LogP contribution in [0.4, 0.5) is 24.8 Å². The van der Waals surface area contributed by atoms with Crippen molar-refractivity contribution in [1.29, 1.82) is 0 Å². The van der Waals surface area contributed by atoms with E-state index in [4.69, 9.17) is 0 Å². The highest BCUT2D eigenvalue weighted by atomic mass is 32.2. The van der Waals surface area contributed by atoms with Crippen molar-refractivity contribution >= 4 is 32.7 Å². The fourth-order valence-corrected chi connectivity index (χ4v) is 5.30. The Labute approximate surface area is 204 Å². The van der Waals surface area contributed by atoms with Gasteiger partial charge in [-0.3, -0.25) is 0 Å². The normalized spacial score (nSPS) is 15.5. The highest BCUT2D eigenvalue weighted by molar-refractivity contribution is 7.90. The molecular weight excluding hydrogens is 497 g/mol. The summed E-state index contributed by atoms with van der Waals surface area (Å²) in [5.74, 6) is 0.911. The summed E-state index contributed by atoms with van der Waals surface area (Å²) in [6.07, 6.45) is 2.40. The molecule has 36 heavy (non-hydrogen) atoms. The zero-order valence-electron chi connectivity index (χ0n) is 19.6. The second kappa shape index (κ2) is 8.54. The fraction of sp³-hybridized carbons (Fsp3) is 0.409. The van der Waals surface area contributed by atoms with Crippen molar-refractivity contribution in [3.05, 3.63) is 42.7 Å². The van der Waals surface area contributed by atoms with E-state index in [-0.39, 0.29) is 17.6 Å². The van der Waals surface area contributed by atoms with Crippen LogP contribution in [0.15, 0.2) is 36.9 Å². The van der Waals surface area contributed by atoms with Crippen LogP contribution in [-0.4, -0.2) is 53.5 Å². The van der Waals surface area contributed by atoms with Crippen LogP contribution in [0.25, 0.3) is 22.4 Å². The van der Waals surface area contributed by atoms with Crippen molar-refractivity contribution in [1.82, 2.24) is 33.7 Å². The molecule has 0 aliphatic heterocycles. The molecule has 1 N–H and O–H groups in total. The minimum atomic E-state index is -4.45. The Morgan fingerprint density at radius 2 is 1.83 bits per heavy atom. The smallest absolute Gasteiger partial charge is 0.325 e. The molecule has 1 saturated carbocycles. The lowest BCUT2D eigenvalue weighted by Gasteiger charge is -2.21. The van der Waals surface area contributed by atoms with Crippen LogP contribution in [-0.2, 0) is 10.0 Å². The van der Waals surface area contributed by atoms with Crippen molar-refractivity contribution in [2.45, 2.75) is 57.0 Å². The van der Waals surface area contributed by atoms with Gasteiger partial charge >= 0.3 is 6.18 Å². The van der Waals surface area contributed by atoms with Gasteiger partial charge in [0.05, 0.1) is 34.9 Å². The largest absolute Gasteiger partial charge is 0.408 e. The number of hydrogen-bond donors (Lipinski definition) is 1. The summed E-state index contributed by atoms with van der Waals surface area (Å²) in [5, 5.41) is 6.52. The van der Waals surface area contributed by atoms with Gasteiger partial charge in [-0.25, -0.2) is 28.4 Å². The number of nitrogens with one attached hydrogen (secondary N) is 1. The third-order valence-electron chi connectivity index (χ3n) is 5.92. The van der Waals surface area contributed by atoms with Crippen LogP contribution >= 0.6 is 0 Å². The number of aromatic nitrogens is 7. The predicted octanol–water partition coefficient (Wildman–Crippen LogP) is 4.42. The molecule has 1 atom stereocenters. The van der Waals surface area contributed by atoms with E-state index >= 15 is 0 Å². The molecule has 0 radical (unpaired) electrons. The highest BCUT2D eigenvalue weighted by Gasteiger charge is 2.40. The van der Waals surface area contributed by atoms with E-state index in [0.717, 1.165) is 11.0 Å². The van der Waals surface area contributed by atoms with E-state index in [1.54, 1.807) is 19.9 Å². The predicted molar refractivity (Wildman–Crippen MR) is 126 cm³/mol. The first-order valence-corrected chi connectivity index (χ1v) is 12.8. The van der Waals surface area contributed by atoms with Gasteiger partial charge in [0.2, 0.25) is 0 Å². The zero-order valence-corrected chi connectivity index (χ0v) is 20.4. The molecular formula is C22H23F3N8O2S. The maximum atomic E-state index is 13.6. The molecule has 1 aliphatic carbocycles. The summed E-state index contributed by atoms with van der Waals surface area (Å²) < 4.78 is 67.8. The average Bonchev–Trinajstić information content (AvgIpc) is 3.44. The Morgan fingerprint density at radius 3 is 2.50 bits per heavy atom. The van der Waals surface area contributed by atoms with Gasteiger partial charge in [0.25, 0.3) is 10.0 Å². The number of alkyl halides is 3. The van der Waals surface area contributed by atoms with Gasteiger partial charge in [-0.2, -0.15) is 22.4 Å². The molecule has 1 aliphatic rings. The molecule has 0 amide bonds. The zero-order chi connectivity index (χ0) is 25.8. The first-order chi connectivity index (χ1) is 16.9. The van der Waals surface area contributed by atoms with Crippen molar-refractivity contribution in [2.24, 2.45) is 0 Å². The Balaban J connectivity index is 1.46. The van der Waals surface area contributed by atoms with Gasteiger partial charge in [-0.1, -0.05) is 13.8 Å². The number of anilines is 2. The number of hydrogen-bond acceptors (Lipinski definition) is 8. The number of fused-ring (bicyclic) bond motifs is 1. The minimum Gasteiger partial charge on any atom is -0.325 e. The lowest BCUT2D eigenvalue weighted by molar-refractivity contribution is -0.162. The van der Waals surface area contributed by atoms with Crippen molar-refractivity contribution in [3.63, 3.8) is 0 Å². The minimum absolute atomic E-state index is 0.229. The molecule has 14 heteroatoms. The second-order valence-electron chi connectivity index (χ2n) is 9.01. The Hall–Kier alpha value is -3.55. The van der Waals surface area contributed by atoms with Crippen molar-refractivity contribution in [3.8, 4) is 11.4 Å². The highest BCUT2D eigenvalue weighted by Crippen LogP contribution is 2.36.